The van der Waals surface area contributed by atoms with E-state index in [4.69, 9.17) is 27.9 Å². The molecule has 0 aliphatic carbocycles. The highest BCUT2D eigenvalue weighted by Crippen LogP contribution is 2.28. The van der Waals surface area contributed by atoms with Gasteiger partial charge in [-0.1, -0.05) is 54.1 Å². The first-order chi connectivity index (χ1) is 16.5. The maximum atomic E-state index is 12.4. The minimum Gasteiger partial charge on any atom is -0.475 e. The Hall–Kier alpha value is -2.98. The Balaban J connectivity index is 1.58. The summed E-state index contributed by atoms with van der Waals surface area (Å²) in [7, 11) is -3.26. The molecule has 0 aliphatic rings. The van der Waals surface area contributed by atoms with E-state index in [-0.39, 0.29) is 23.0 Å². The van der Waals surface area contributed by atoms with Crippen molar-refractivity contribution in [2.75, 3.05) is 11.1 Å². The van der Waals surface area contributed by atoms with Crippen LogP contribution in [0.4, 0.5) is 5.69 Å². The SMILES string of the molecule is CCS(=O)(=O)c1ccc(CC(=O)Nc2ccc(C#CC(C)(C)Oc3ccc(Cl)c(Cl)c3)cc2)cc1. The standard InChI is InChI=1S/C27H25Cl2NO4S/c1-4-35(32,33)23-12-7-20(8-13-23)17-26(31)30-21-9-5-19(6-10-21)15-16-27(2,3)34-22-11-14-24(28)25(29)18-22/h5-14,18H,4,17H2,1-3H3,(H,30,31). The fourth-order valence-electron chi connectivity index (χ4n) is 3.09. The number of nitrogens with one attached hydrogen (secondary N) is 1. The van der Waals surface area contributed by atoms with Crippen molar-refractivity contribution >= 4 is 44.6 Å². The summed E-state index contributed by atoms with van der Waals surface area (Å²) in [5, 5.41) is 3.70. The number of rotatable bonds is 7. The number of carbonyl (C=O) groups excluding carboxylic acids is 1. The summed E-state index contributed by atoms with van der Waals surface area (Å²) < 4.78 is 29.7. The summed E-state index contributed by atoms with van der Waals surface area (Å²) in [6.07, 6.45) is 0.133. The van der Waals surface area contributed by atoms with E-state index in [0.717, 1.165) is 11.1 Å². The van der Waals surface area contributed by atoms with Gasteiger partial charge in [0.25, 0.3) is 0 Å². The normalized spacial score (nSPS) is 11.3. The lowest BCUT2D eigenvalue weighted by Gasteiger charge is -2.20. The van der Waals surface area contributed by atoms with E-state index in [0.29, 0.717) is 21.5 Å². The second kappa shape index (κ2) is 11.2. The van der Waals surface area contributed by atoms with Crippen molar-refractivity contribution in [2.45, 2.75) is 37.7 Å². The highest BCUT2D eigenvalue weighted by molar-refractivity contribution is 7.91. The predicted molar refractivity (Wildman–Crippen MR) is 141 cm³/mol. The number of sulfone groups is 1. The van der Waals surface area contributed by atoms with Gasteiger partial charge < -0.3 is 10.1 Å². The van der Waals surface area contributed by atoms with E-state index in [1.807, 2.05) is 26.0 Å². The Labute approximate surface area is 216 Å². The second-order valence-corrected chi connectivity index (χ2v) is 11.4. The van der Waals surface area contributed by atoms with Crippen LogP contribution in [0.2, 0.25) is 10.0 Å². The molecular weight excluding hydrogens is 505 g/mol. The summed E-state index contributed by atoms with van der Waals surface area (Å²) in [6.45, 7) is 5.29. The van der Waals surface area contributed by atoms with E-state index >= 15 is 0 Å². The van der Waals surface area contributed by atoms with E-state index in [2.05, 4.69) is 17.2 Å². The zero-order valence-corrected chi connectivity index (χ0v) is 21.9. The van der Waals surface area contributed by atoms with Crippen LogP contribution in [0.5, 0.6) is 5.75 Å². The van der Waals surface area contributed by atoms with Gasteiger partial charge >= 0.3 is 0 Å². The molecule has 8 heteroatoms. The third kappa shape index (κ3) is 7.76. The van der Waals surface area contributed by atoms with Crippen LogP contribution >= 0.6 is 23.2 Å². The first-order valence-electron chi connectivity index (χ1n) is 10.9. The van der Waals surface area contributed by atoms with E-state index in [1.54, 1.807) is 49.4 Å². The van der Waals surface area contributed by atoms with Crippen LogP contribution in [-0.4, -0.2) is 25.7 Å². The van der Waals surface area contributed by atoms with Gasteiger partial charge in [0.15, 0.2) is 15.4 Å². The van der Waals surface area contributed by atoms with E-state index in [9.17, 15) is 13.2 Å². The molecule has 182 valence electrons. The van der Waals surface area contributed by atoms with Gasteiger partial charge in [0, 0.05) is 17.3 Å². The van der Waals surface area contributed by atoms with Gasteiger partial charge in [0.1, 0.15) is 5.75 Å². The average molecular weight is 530 g/mol. The van der Waals surface area contributed by atoms with Gasteiger partial charge in [-0.05, 0) is 67.9 Å². The summed E-state index contributed by atoms with van der Waals surface area (Å²) in [5.41, 5.74) is 1.36. The predicted octanol–water partition coefficient (Wildman–Crippen LogP) is 6.18. The lowest BCUT2D eigenvalue weighted by Crippen LogP contribution is -2.25. The van der Waals surface area contributed by atoms with Crippen LogP contribution < -0.4 is 10.1 Å². The molecule has 0 saturated carbocycles. The number of hydrogen-bond acceptors (Lipinski definition) is 4. The van der Waals surface area contributed by atoms with Gasteiger partial charge in [-0.3, -0.25) is 4.79 Å². The molecule has 0 saturated heterocycles. The van der Waals surface area contributed by atoms with Gasteiger partial charge in [0.2, 0.25) is 5.91 Å². The maximum Gasteiger partial charge on any atom is 0.228 e. The maximum absolute atomic E-state index is 12.4. The van der Waals surface area contributed by atoms with Crippen molar-refractivity contribution in [3.8, 4) is 17.6 Å². The molecule has 0 spiro atoms. The zero-order valence-electron chi connectivity index (χ0n) is 19.6. The van der Waals surface area contributed by atoms with Gasteiger partial charge in [0.05, 0.1) is 27.1 Å². The van der Waals surface area contributed by atoms with Crippen molar-refractivity contribution < 1.29 is 17.9 Å². The van der Waals surface area contributed by atoms with Crippen LogP contribution in [0.25, 0.3) is 0 Å². The first-order valence-corrected chi connectivity index (χ1v) is 13.3. The van der Waals surface area contributed by atoms with Crippen molar-refractivity contribution in [3.05, 3.63) is 87.9 Å². The lowest BCUT2D eigenvalue weighted by atomic mass is 10.1. The molecule has 0 aromatic heterocycles. The fourth-order valence-corrected chi connectivity index (χ4v) is 4.26. The minimum absolute atomic E-state index is 0.0367. The largest absolute Gasteiger partial charge is 0.475 e. The molecule has 1 amide bonds. The van der Waals surface area contributed by atoms with Gasteiger partial charge in [-0.25, -0.2) is 8.42 Å². The highest BCUT2D eigenvalue weighted by atomic mass is 35.5. The molecule has 1 N–H and O–H groups in total. The van der Waals surface area contributed by atoms with Crippen molar-refractivity contribution in [3.63, 3.8) is 0 Å². The van der Waals surface area contributed by atoms with Crippen LogP contribution in [0.1, 0.15) is 31.9 Å². The quantitative estimate of drug-likeness (QED) is 0.371. The van der Waals surface area contributed by atoms with Crippen molar-refractivity contribution in [1.82, 2.24) is 0 Å². The number of halogens is 2. The Kier molecular flexibility index (Phi) is 8.50. The highest BCUT2D eigenvalue weighted by Gasteiger charge is 2.17. The molecule has 3 aromatic rings. The molecule has 0 radical (unpaired) electrons. The van der Waals surface area contributed by atoms with Crippen molar-refractivity contribution in [2.24, 2.45) is 0 Å². The van der Waals surface area contributed by atoms with Crippen molar-refractivity contribution in [1.29, 1.82) is 0 Å². The molecule has 3 aromatic carbocycles. The number of hydrogen-bond donors (Lipinski definition) is 1. The molecule has 0 fully saturated rings. The summed E-state index contributed by atoms with van der Waals surface area (Å²) >= 11 is 12.0. The number of carbonyl (C=O) groups is 1. The Morgan fingerprint density at radius 3 is 2.23 bits per heavy atom. The topological polar surface area (TPSA) is 72.5 Å². The fraction of sp³-hybridized carbons (Fsp3) is 0.222. The number of amides is 1. The number of ether oxygens (including phenoxy) is 1. The van der Waals surface area contributed by atoms with Gasteiger partial charge in [-0.2, -0.15) is 0 Å². The molecular formula is C27H25Cl2NO4S. The molecule has 3 rings (SSSR count). The third-order valence-electron chi connectivity index (χ3n) is 4.97. The Bertz CT molecular complexity index is 1370. The minimum atomic E-state index is -3.26. The van der Waals surface area contributed by atoms with Gasteiger partial charge in [-0.15, -0.1) is 0 Å². The zero-order chi connectivity index (χ0) is 25.6. The summed E-state index contributed by atoms with van der Waals surface area (Å²) in [6, 6.07) is 18.6. The van der Waals surface area contributed by atoms with E-state index in [1.165, 1.54) is 12.1 Å². The Morgan fingerprint density at radius 1 is 0.971 bits per heavy atom. The number of anilines is 1. The smallest absolute Gasteiger partial charge is 0.228 e. The molecule has 0 unspecified atom stereocenters. The monoisotopic (exact) mass is 529 g/mol. The Morgan fingerprint density at radius 2 is 1.63 bits per heavy atom. The first kappa shape index (κ1) is 26.6. The third-order valence-corrected chi connectivity index (χ3v) is 7.46. The van der Waals surface area contributed by atoms with Crippen LogP contribution in [0.15, 0.2) is 71.6 Å². The van der Waals surface area contributed by atoms with E-state index < -0.39 is 15.4 Å². The molecule has 0 aliphatic heterocycles. The average Bonchev–Trinajstić information content (AvgIpc) is 2.81. The summed E-state index contributed by atoms with van der Waals surface area (Å²) in [4.78, 5) is 12.6. The molecule has 0 bridgehead atoms. The lowest BCUT2D eigenvalue weighted by molar-refractivity contribution is -0.115. The second-order valence-electron chi connectivity index (χ2n) is 8.29. The number of benzene rings is 3. The van der Waals surface area contributed by atoms with Crippen LogP contribution in [-0.2, 0) is 21.1 Å². The molecule has 35 heavy (non-hydrogen) atoms. The summed E-state index contributed by atoms with van der Waals surface area (Å²) in [5.74, 6) is 6.57. The molecule has 5 nitrogen and oxygen atoms in total. The molecule has 0 atom stereocenters. The van der Waals surface area contributed by atoms with Crippen LogP contribution in [0, 0.1) is 11.8 Å². The molecule has 0 heterocycles. The van der Waals surface area contributed by atoms with Crippen LogP contribution in [0.3, 0.4) is 0 Å².